The lowest BCUT2D eigenvalue weighted by molar-refractivity contribution is -0.121. The third kappa shape index (κ3) is 4.08. The van der Waals surface area contributed by atoms with Gasteiger partial charge in [-0.25, -0.2) is 0 Å². The molecule has 0 aliphatic carbocycles. The zero-order chi connectivity index (χ0) is 15.5. The number of hydrogen-bond donors (Lipinski definition) is 3. The molecule has 4 nitrogen and oxygen atoms in total. The quantitative estimate of drug-likeness (QED) is 0.792. The van der Waals surface area contributed by atoms with Gasteiger partial charge in [-0.1, -0.05) is 39.0 Å². The molecule has 2 aromatic rings. The molecule has 1 aromatic carbocycles. The first-order chi connectivity index (χ1) is 9.88. The maximum absolute atomic E-state index is 11.9. The van der Waals surface area contributed by atoms with Gasteiger partial charge in [-0.2, -0.15) is 0 Å². The van der Waals surface area contributed by atoms with Gasteiger partial charge in [-0.3, -0.25) is 4.79 Å². The van der Waals surface area contributed by atoms with Crippen molar-refractivity contribution < 1.29 is 9.90 Å². The molecule has 114 valence electrons. The van der Waals surface area contributed by atoms with E-state index >= 15 is 0 Å². The van der Waals surface area contributed by atoms with Gasteiger partial charge in [0.15, 0.2) is 0 Å². The van der Waals surface area contributed by atoms with Crippen LogP contribution in [0.25, 0.3) is 10.9 Å². The summed E-state index contributed by atoms with van der Waals surface area (Å²) in [5.74, 6) is -0.0245. The van der Waals surface area contributed by atoms with Crippen molar-refractivity contribution in [3.63, 3.8) is 0 Å². The van der Waals surface area contributed by atoms with E-state index in [1.165, 1.54) is 5.39 Å². The van der Waals surface area contributed by atoms with Crippen LogP contribution >= 0.6 is 0 Å². The SMILES string of the molecule is CC(C)(C)C(O)CNC(=O)CCc1c[nH]c2ccccc12. The lowest BCUT2D eigenvalue weighted by Crippen LogP contribution is -2.39. The molecule has 0 fully saturated rings. The van der Waals surface area contributed by atoms with Crippen LogP contribution in [0.15, 0.2) is 30.5 Å². The highest BCUT2D eigenvalue weighted by Gasteiger charge is 2.22. The fourth-order valence-corrected chi connectivity index (χ4v) is 2.19. The van der Waals surface area contributed by atoms with E-state index in [-0.39, 0.29) is 11.3 Å². The molecular weight excluding hydrogens is 264 g/mol. The zero-order valence-corrected chi connectivity index (χ0v) is 12.9. The van der Waals surface area contributed by atoms with E-state index in [4.69, 9.17) is 0 Å². The predicted molar refractivity (Wildman–Crippen MR) is 85.1 cm³/mol. The van der Waals surface area contributed by atoms with Crippen LogP contribution in [0.2, 0.25) is 0 Å². The molecule has 1 heterocycles. The normalized spacial score (nSPS) is 13.3. The summed E-state index contributed by atoms with van der Waals surface area (Å²) in [6.45, 7) is 6.16. The number of hydrogen-bond acceptors (Lipinski definition) is 2. The van der Waals surface area contributed by atoms with Gasteiger partial charge in [0.05, 0.1) is 6.10 Å². The fourth-order valence-electron chi connectivity index (χ4n) is 2.19. The predicted octanol–water partition coefficient (Wildman–Crippen LogP) is 2.62. The van der Waals surface area contributed by atoms with Gasteiger partial charge in [0.25, 0.3) is 0 Å². The van der Waals surface area contributed by atoms with Crippen molar-refractivity contribution in [3.05, 3.63) is 36.0 Å². The molecule has 21 heavy (non-hydrogen) atoms. The summed E-state index contributed by atoms with van der Waals surface area (Å²) in [4.78, 5) is 15.1. The highest BCUT2D eigenvalue weighted by Crippen LogP contribution is 2.19. The Balaban J connectivity index is 1.84. The minimum Gasteiger partial charge on any atom is -0.391 e. The highest BCUT2D eigenvalue weighted by molar-refractivity contribution is 5.84. The number of para-hydroxylation sites is 1. The first-order valence-electron chi connectivity index (χ1n) is 7.37. The fraction of sp³-hybridized carbons (Fsp3) is 0.471. The number of H-pyrrole nitrogens is 1. The molecule has 4 heteroatoms. The van der Waals surface area contributed by atoms with Crippen LogP contribution in [0.5, 0.6) is 0 Å². The second kappa shape index (κ2) is 6.31. The number of benzene rings is 1. The van der Waals surface area contributed by atoms with Gasteiger partial charge in [0, 0.05) is 30.1 Å². The van der Waals surface area contributed by atoms with Crippen molar-refractivity contribution in [3.8, 4) is 0 Å². The molecule has 2 rings (SSSR count). The molecule has 0 saturated carbocycles. The molecule has 1 atom stereocenters. The Morgan fingerprint density at radius 1 is 1.33 bits per heavy atom. The molecule has 1 unspecified atom stereocenters. The van der Waals surface area contributed by atoms with E-state index in [1.807, 2.05) is 45.2 Å². The lowest BCUT2D eigenvalue weighted by atomic mass is 9.89. The average molecular weight is 288 g/mol. The third-order valence-corrected chi connectivity index (χ3v) is 3.79. The summed E-state index contributed by atoms with van der Waals surface area (Å²) in [5, 5.41) is 13.9. The summed E-state index contributed by atoms with van der Waals surface area (Å²) in [5.41, 5.74) is 2.03. The monoisotopic (exact) mass is 288 g/mol. The van der Waals surface area contributed by atoms with Crippen molar-refractivity contribution in [1.29, 1.82) is 0 Å². The number of carbonyl (C=O) groups is 1. The molecule has 3 N–H and O–H groups in total. The first-order valence-corrected chi connectivity index (χ1v) is 7.37. The molecule has 0 aliphatic heterocycles. The molecular formula is C17H24N2O2. The maximum atomic E-state index is 11.9. The Kier molecular flexibility index (Phi) is 4.68. The number of aromatic amines is 1. The van der Waals surface area contributed by atoms with Crippen LogP contribution < -0.4 is 5.32 Å². The minimum absolute atomic E-state index is 0.0245. The van der Waals surface area contributed by atoms with E-state index in [0.29, 0.717) is 19.4 Å². The van der Waals surface area contributed by atoms with Crippen molar-refractivity contribution in [2.45, 2.75) is 39.7 Å². The standard InChI is InChI=1S/C17H24N2O2/c1-17(2,3)15(20)11-19-16(21)9-8-12-10-18-14-7-5-4-6-13(12)14/h4-7,10,15,18,20H,8-9,11H2,1-3H3,(H,19,21). The van der Waals surface area contributed by atoms with Crippen molar-refractivity contribution in [1.82, 2.24) is 10.3 Å². The number of aliphatic hydroxyl groups excluding tert-OH is 1. The van der Waals surface area contributed by atoms with Crippen LogP contribution in [0.1, 0.15) is 32.8 Å². The highest BCUT2D eigenvalue weighted by atomic mass is 16.3. The molecule has 1 amide bonds. The largest absolute Gasteiger partial charge is 0.391 e. The number of aromatic nitrogens is 1. The van der Waals surface area contributed by atoms with Crippen LogP contribution in [0.4, 0.5) is 0 Å². The van der Waals surface area contributed by atoms with E-state index in [1.54, 1.807) is 0 Å². The smallest absolute Gasteiger partial charge is 0.220 e. The summed E-state index contributed by atoms with van der Waals surface area (Å²) in [6, 6.07) is 8.07. The number of amides is 1. The van der Waals surface area contributed by atoms with Gasteiger partial charge < -0.3 is 15.4 Å². The Bertz CT molecular complexity index is 611. The first kappa shape index (κ1) is 15.6. The molecule has 0 aliphatic rings. The van der Waals surface area contributed by atoms with Crippen molar-refractivity contribution >= 4 is 16.8 Å². The van der Waals surface area contributed by atoms with E-state index in [9.17, 15) is 9.90 Å². The summed E-state index contributed by atoms with van der Waals surface area (Å²) in [6.07, 6.45) is 2.55. The van der Waals surface area contributed by atoms with E-state index < -0.39 is 6.10 Å². The molecule has 1 aromatic heterocycles. The topological polar surface area (TPSA) is 65.1 Å². The number of fused-ring (bicyclic) bond motifs is 1. The van der Waals surface area contributed by atoms with Gasteiger partial charge in [0.2, 0.25) is 5.91 Å². The Morgan fingerprint density at radius 3 is 2.76 bits per heavy atom. The number of carbonyl (C=O) groups excluding carboxylic acids is 1. The molecule has 0 spiro atoms. The average Bonchev–Trinajstić information content (AvgIpc) is 2.84. The van der Waals surface area contributed by atoms with Crippen LogP contribution in [0.3, 0.4) is 0 Å². The number of rotatable bonds is 5. The zero-order valence-electron chi connectivity index (χ0n) is 12.9. The van der Waals surface area contributed by atoms with Gasteiger partial charge in [0.1, 0.15) is 0 Å². The molecule has 0 radical (unpaired) electrons. The Morgan fingerprint density at radius 2 is 2.05 bits per heavy atom. The number of aryl methyl sites for hydroxylation is 1. The second-order valence-corrected chi connectivity index (χ2v) is 6.55. The van der Waals surface area contributed by atoms with Crippen molar-refractivity contribution in [2.75, 3.05) is 6.54 Å². The maximum Gasteiger partial charge on any atom is 0.220 e. The van der Waals surface area contributed by atoms with Crippen LogP contribution in [-0.2, 0) is 11.2 Å². The third-order valence-electron chi connectivity index (χ3n) is 3.79. The Hall–Kier alpha value is -1.81. The lowest BCUT2D eigenvalue weighted by Gasteiger charge is -2.25. The Labute approximate surface area is 125 Å². The number of aliphatic hydroxyl groups is 1. The van der Waals surface area contributed by atoms with E-state index in [2.05, 4.69) is 16.4 Å². The summed E-state index contributed by atoms with van der Waals surface area (Å²) in [7, 11) is 0. The van der Waals surface area contributed by atoms with Gasteiger partial charge in [-0.15, -0.1) is 0 Å². The molecule has 0 bridgehead atoms. The van der Waals surface area contributed by atoms with Gasteiger partial charge >= 0.3 is 0 Å². The molecule has 0 saturated heterocycles. The van der Waals surface area contributed by atoms with Crippen LogP contribution in [0, 0.1) is 5.41 Å². The van der Waals surface area contributed by atoms with Crippen LogP contribution in [-0.4, -0.2) is 28.6 Å². The minimum atomic E-state index is -0.533. The van der Waals surface area contributed by atoms with Gasteiger partial charge in [-0.05, 0) is 23.5 Å². The van der Waals surface area contributed by atoms with E-state index in [0.717, 1.165) is 11.1 Å². The summed E-state index contributed by atoms with van der Waals surface area (Å²) >= 11 is 0. The van der Waals surface area contributed by atoms with Crippen molar-refractivity contribution in [2.24, 2.45) is 5.41 Å². The summed E-state index contributed by atoms with van der Waals surface area (Å²) < 4.78 is 0. The second-order valence-electron chi connectivity index (χ2n) is 6.55. The number of nitrogens with one attached hydrogen (secondary N) is 2.